The molecule has 0 aliphatic rings. The van der Waals surface area contributed by atoms with E-state index < -0.39 is 5.97 Å². The summed E-state index contributed by atoms with van der Waals surface area (Å²) < 4.78 is 7.74. The first-order chi connectivity index (χ1) is 9.13. The van der Waals surface area contributed by atoms with Crippen LogP contribution in [0.5, 0.6) is 0 Å². The average Bonchev–Trinajstić information content (AvgIpc) is 2.81. The number of hydrogen-bond donors (Lipinski definition) is 0. The molecule has 0 radical (unpaired) electrons. The van der Waals surface area contributed by atoms with Crippen molar-refractivity contribution in [1.29, 1.82) is 0 Å². The van der Waals surface area contributed by atoms with Crippen molar-refractivity contribution in [3.8, 4) is 0 Å². The highest BCUT2D eigenvalue weighted by Crippen LogP contribution is 2.17. The van der Waals surface area contributed by atoms with Crippen molar-refractivity contribution in [3.63, 3.8) is 0 Å². The van der Waals surface area contributed by atoms with Gasteiger partial charge in [-0.3, -0.25) is 13.8 Å². The summed E-state index contributed by atoms with van der Waals surface area (Å²) in [6, 6.07) is 8.63. The molecule has 0 bridgehead atoms. The monoisotopic (exact) mass is 257 g/mol. The molecule has 6 nitrogen and oxygen atoms in total. The largest absolute Gasteiger partial charge is 0.464 e. The van der Waals surface area contributed by atoms with E-state index in [-0.39, 0.29) is 11.3 Å². The Kier molecular flexibility index (Phi) is 2.38. The maximum Gasteiger partial charge on any atom is 0.355 e. The molecule has 2 heterocycles. The number of methoxy groups -OCH3 is 1. The van der Waals surface area contributed by atoms with E-state index in [0.717, 1.165) is 5.52 Å². The first-order valence-electron chi connectivity index (χ1n) is 5.69. The van der Waals surface area contributed by atoms with Gasteiger partial charge in [-0.2, -0.15) is 0 Å². The zero-order valence-electron chi connectivity index (χ0n) is 10.5. The van der Waals surface area contributed by atoms with Gasteiger partial charge in [0.15, 0.2) is 0 Å². The molecule has 96 valence electrons. The number of para-hydroxylation sites is 2. The Morgan fingerprint density at radius 3 is 2.79 bits per heavy atom. The molecule has 0 aliphatic carbocycles. The minimum atomic E-state index is -0.564. The molecule has 3 rings (SSSR count). The van der Waals surface area contributed by atoms with E-state index in [2.05, 4.69) is 4.98 Å². The molecular weight excluding hydrogens is 246 g/mol. The highest BCUT2D eigenvalue weighted by molar-refractivity contribution is 5.91. The third-order valence-electron chi connectivity index (χ3n) is 3.07. The van der Waals surface area contributed by atoms with Gasteiger partial charge in [-0.05, 0) is 12.1 Å². The Bertz CT molecular complexity index is 861. The predicted octanol–water partition coefficient (Wildman–Crippen LogP) is 0.973. The number of imidazole rings is 1. The zero-order chi connectivity index (χ0) is 13.6. The number of nitrogens with zero attached hydrogens (tertiary/aromatic N) is 3. The highest BCUT2D eigenvalue weighted by atomic mass is 16.5. The molecular formula is C13H11N3O3. The summed E-state index contributed by atoms with van der Waals surface area (Å²) in [6.07, 6.45) is 0. The van der Waals surface area contributed by atoms with Crippen LogP contribution in [-0.4, -0.2) is 27.0 Å². The molecule has 0 saturated heterocycles. The first kappa shape index (κ1) is 11.5. The van der Waals surface area contributed by atoms with Crippen molar-refractivity contribution in [1.82, 2.24) is 14.0 Å². The van der Waals surface area contributed by atoms with E-state index in [1.165, 1.54) is 17.7 Å². The first-order valence-corrected chi connectivity index (χ1v) is 5.69. The number of benzene rings is 1. The summed E-state index contributed by atoms with van der Waals surface area (Å²) in [4.78, 5) is 28.0. The van der Waals surface area contributed by atoms with Gasteiger partial charge in [0.05, 0.1) is 18.1 Å². The Labute approximate surface area is 107 Å². The summed E-state index contributed by atoms with van der Waals surface area (Å²) in [7, 11) is 2.90. The van der Waals surface area contributed by atoms with Crippen LogP contribution in [0.2, 0.25) is 0 Å². The number of aryl methyl sites for hydroxylation is 1. The number of fused-ring (bicyclic) bond motifs is 3. The minimum Gasteiger partial charge on any atom is -0.464 e. The number of ether oxygens (including phenoxy) is 1. The van der Waals surface area contributed by atoms with Crippen LogP contribution >= 0.6 is 0 Å². The van der Waals surface area contributed by atoms with Gasteiger partial charge >= 0.3 is 5.97 Å². The maximum absolute atomic E-state index is 11.9. The van der Waals surface area contributed by atoms with Crippen LogP contribution in [0.15, 0.2) is 35.1 Å². The smallest absolute Gasteiger partial charge is 0.355 e. The second kappa shape index (κ2) is 3.94. The van der Waals surface area contributed by atoms with Gasteiger partial charge < -0.3 is 4.74 Å². The van der Waals surface area contributed by atoms with Crippen LogP contribution < -0.4 is 5.56 Å². The zero-order valence-corrected chi connectivity index (χ0v) is 10.5. The van der Waals surface area contributed by atoms with Gasteiger partial charge in [-0.25, -0.2) is 9.78 Å². The van der Waals surface area contributed by atoms with Gasteiger partial charge in [0.25, 0.3) is 5.56 Å². The molecule has 19 heavy (non-hydrogen) atoms. The van der Waals surface area contributed by atoms with Crippen LogP contribution in [0.3, 0.4) is 0 Å². The van der Waals surface area contributed by atoms with Crippen molar-refractivity contribution < 1.29 is 9.53 Å². The topological polar surface area (TPSA) is 65.6 Å². The number of carbonyl (C=O) groups excluding carboxylic acids is 1. The lowest BCUT2D eigenvalue weighted by atomic mass is 10.3. The van der Waals surface area contributed by atoms with Gasteiger partial charge in [0, 0.05) is 13.1 Å². The van der Waals surface area contributed by atoms with Crippen molar-refractivity contribution in [2.45, 2.75) is 0 Å². The summed E-state index contributed by atoms with van der Waals surface area (Å²) in [6.45, 7) is 0. The number of rotatable bonds is 1. The average molecular weight is 257 g/mol. The van der Waals surface area contributed by atoms with E-state index in [1.807, 2.05) is 24.3 Å². The highest BCUT2D eigenvalue weighted by Gasteiger charge is 2.17. The normalized spacial score (nSPS) is 11.1. The summed E-state index contributed by atoms with van der Waals surface area (Å²) >= 11 is 0. The lowest BCUT2D eigenvalue weighted by molar-refractivity contribution is 0.0592. The maximum atomic E-state index is 11.9. The fourth-order valence-corrected chi connectivity index (χ4v) is 2.11. The van der Waals surface area contributed by atoms with E-state index in [0.29, 0.717) is 11.3 Å². The van der Waals surface area contributed by atoms with E-state index in [4.69, 9.17) is 4.74 Å². The lowest BCUT2D eigenvalue weighted by Crippen LogP contribution is -2.23. The SMILES string of the molecule is COC(=O)c1cc(=O)n(C)c2nc3ccccc3n12. The standard InChI is InChI=1S/C13H11N3O3/c1-15-11(17)7-10(12(18)19-2)16-9-6-4-3-5-8(9)14-13(15)16/h3-7H,1-2H3. The lowest BCUT2D eigenvalue weighted by Gasteiger charge is -2.06. The second-order valence-electron chi connectivity index (χ2n) is 4.15. The number of esters is 1. The van der Waals surface area contributed by atoms with Crippen molar-refractivity contribution in [3.05, 3.63) is 46.4 Å². The predicted molar refractivity (Wildman–Crippen MR) is 69.3 cm³/mol. The van der Waals surface area contributed by atoms with E-state index >= 15 is 0 Å². The second-order valence-corrected chi connectivity index (χ2v) is 4.15. The molecule has 0 spiro atoms. The molecule has 6 heteroatoms. The van der Waals surface area contributed by atoms with Crippen LogP contribution in [0.25, 0.3) is 16.8 Å². The van der Waals surface area contributed by atoms with Gasteiger partial charge in [0.2, 0.25) is 5.78 Å². The fourth-order valence-electron chi connectivity index (χ4n) is 2.11. The van der Waals surface area contributed by atoms with Crippen LogP contribution in [0, 0.1) is 0 Å². The quantitative estimate of drug-likeness (QED) is 0.609. The summed E-state index contributed by atoms with van der Waals surface area (Å²) in [5.41, 5.74) is 1.35. The molecule has 0 saturated carbocycles. The molecule has 0 aliphatic heterocycles. The number of carbonyl (C=O) groups is 1. The molecule has 0 atom stereocenters. The number of aromatic nitrogens is 3. The molecule has 3 aromatic rings. The van der Waals surface area contributed by atoms with Gasteiger partial charge in [0.1, 0.15) is 5.69 Å². The third kappa shape index (κ3) is 1.53. The Morgan fingerprint density at radius 2 is 2.05 bits per heavy atom. The molecule has 0 unspecified atom stereocenters. The van der Waals surface area contributed by atoms with E-state index in [1.54, 1.807) is 11.4 Å². The Hall–Kier alpha value is -2.63. The van der Waals surface area contributed by atoms with Gasteiger partial charge in [-0.15, -0.1) is 0 Å². The molecule has 0 fully saturated rings. The van der Waals surface area contributed by atoms with E-state index in [9.17, 15) is 9.59 Å². The molecule has 0 amide bonds. The molecule has 1 aromatic carbocycles. The number of hydrogen-bond acceptors (Lipinski definition) is 4. The van der Waals surface area contributed by atoms with Crippen molar-refractivity contribution in [2.24, 2.45) is 7.05 Å². The van der Waals surface area contributed by atoms with Crippen molar-refractivity contribution >= 4 is 22.8 Å². The van der Waals surface area contributed by atoms with Crippen molar-refractivity contribution in [2.75, 3.05) is 7.11 Å². The summed E-state index contributed by atoms with van der Waals surface area (Å²) in [5.74, 6) is -0.153. The third-order valence-corrected chi connectivity index (χ3v) is 3.07. The fraction of sp³-hybridized carbons (Fsp3) is 0.154. The van der Waals surface area contributed by atoms with Crippen LogP contribution in [-0.2, 0) is 11.8 Å². The minimum absolute atomic E-state index is 0.175. The Morgan fingerprint density at radius 1 is 1.32 bits per heavy atom. The van der Waals surface area contributed by atoms with Crippen LogP contribution in [0.4, 0.5) is 0 Å². The molecule has 2 aromatic heterocycles. The molecule has 0 N–H and O–H groups in total. The Balaban J connectivity index is 2.59. The van der Waals surface area contributed by atoms with Gasteiger partial charge in [-0.1, -0.05) is 12.1 Å². The summed E-state index contributed by atoms with van der Waals surface area (Å²) in [5, 5.41) is 0. The van der Waals surface area contributed by atoms with Crippen LogP contribution in [0.1, 0.15) is 10.5 Å².